The lowest BCUT2D eigenvalue weighted by Gasteiger charge is -2.18. The molecule has 168 valence electrons. The maximum atomic E-state index is 12.8. The highest BCUT2D eigenvalue weighted by atomic mass is 32.2. The number of amides is 1. The van der Waals surface area contributed by atoms with Gasteiger partial charge in [-0.1, -0.05) is 43.3 Å². The van der Waals surface area contributed by atoms with Crippen molar-refractivity contribution in [3.05, 3.63) is 85.2 Å². The molecule has 1 aromatic heterocycles. The second kappa shape index (κ2) is 9.66. The van der Waals surface area contributed by atoms with Gasteiger partial charge in [0.1, 0.15) is 5.75 Å². The normalized spacial score (nSPS) is 12.2. The molecule has 9 heteroatoms. The van der Waals surface area contributed by atoms with Crippen LogP contribution in [0.5, 0.6) is 5.75 Å². The lowest BCUT2D eigenvalue weighted by Crippen LogP contribution is -2.32. The molecule has 0 saturated heterocycles. The van der Waals surface area contributed by atoms with Crippen molar-refractivity contribution >= 4 is 38.3 Å². The Kier molecular flexibility index (Phi) is 6.50. The lowest BCUT2D eigenvalue weighted by molar-refractivity contribution is -0.122. The smallest absolute Gasteiger partial charge is 0.265 e. The number of benzene rings is 3. The predicted octanol–water partition coefficient (Wildman–Crippen LogP) is 4.23. The monoisotopic (exact) mass is 462 g/mol. The molecule has 4 aromatic rings. The highest BCUT2D eigenvalue weighted by molar-refractivity contribution is 7.92. The number of aromatic nitrogens is 2. The summed E-state index contributed by atoms with van der Waals surface area (Å²) in [7, 11) is -3.85. The molecular weight excluding hydrogens is 440 g/mol. The van der Waals surface area contributed by atoms with Crippen molar-refractivity contribution in [1.29, 1.82) is 0 Å². The van der Waals surface area contributed by atoms with Gasteiger partial charge in [-0.25, -0.2) is 23.1 Å². The summed E-state index contributed by atoms with van der Waals surface area (Å²) in [6.07, 6.45) is 2.63. The van der Waals surface area contributed by atoms with E-state index in [0.29, 0.717) is 17.9 Å². The lowest BCUT2D eigenvalue weighted by atomic mass is 10.1. The molecule has 4 rings (SSSR count). The fourth-order valence-electron chi connectivity index (χ4n) is 3.25. The average molecular weight is 463 g/mol. The number of nitrogens with one attached hydrogen (secondary N) is 2. The summed E-state index contributed by atoms with van der Waals surface area (Å²) in [4.78, 5) is 20.6. The average Bonchev–Trinajstić information content (AvgIpc) is 2.83. The van der Waals surface area contributed by atoms with Gasteiger partial charge in [0, 0.05) is 23.5 Å². The predicted molar refractivity (Wildman–Crippen MR) is 127 cm³/mol. The Morgan fingerprint density at radius 2 is 1.64 bits per heavy atom. The Morgan fingerprint density at radius 3 is 2.36 bits per heavy atom. The molecule has 0 fully saturated rings. The minimum atomic E-state index is -3.85. The summed E-state index contributed by atoms with van der Waals surface area (Å²) in [6.45, 7) is 1.86. The van der Waals surface area contributed by atoms with E-state index >= 15 is 0 Å². The van der Waals surface area contributed by atoms with Crippen molar-refractivity contribution in [2.24, 2.45) is 0 Å². The van der Waals surface area contributed by atoms with Gasteiger partial charge in [-0.3, -0.25) is 4.79 Å². The summed E-state index contributed by atoms with van der Waals surface area (Å²) in [6, 6.07) is 20.9. The molecule has 1 heterocycles. The molecule has 0 bridgehead atoms. The van der Waals surface area contributed by atoms with E-state index in [2.05, 4.69) is 20.0 Å². The van der Waals surface area contributed by atoms with Crippen LogP contribution in [0.15, 0.2) is 90.1 Å². The van der Waals surface area contributed by atoms with Crippen LogP contribution in [0, 0.1) is 0 Å². The van der Waals surface area contributed by atoms with Crippen LogP contribution < -0.4 is 14.8 Å². The summed E-state index contributed by atoms with van der Waals surface area (Å²) in [5.41, 5.74) is 0.454. The molecule has 0 aliphatic rings. The van der Waals surface area contributed by atoms with E-state index in [1.807, 2.05) is 49.4 Å². The number of ether oxygens (including phenoxy) is 1. The SMILES string of the molecule is CC[C@H](Oc1cccc2ccccc12)C(=O)Nc1ccc(S(=O)(=O)Nc2ncccn2)cc1. The number of anilines is 2. The van der Waals surface area contributed by atoms with Crippen LogP contribution in [-0.4, -0.2) is 30.4 Å². The number of carbonyl (C=O) groups excluding carboxylic acids is 1. The fraction of sp³-hybridized carbons (Fsp3) is 0.125. The van der Waals surface area contributed by atoms with E-state index in [4.69, 9.17) is 4.74 Å². The van der Waals surface area contributed by atoms with Crippen molar-refractivity contribution in [1.82, 2.24) is 9.97 Å². The first-order valence-corrected chi connectivity index (χ1v) is 11.8. The van der Waals surface area contributed by atoms with Gasteiger partial charge in [0.25, 0.3) is 15.9 Å². The van der Waals surface area contributed by atoms with Gasteiger partial charge in [0.2, 0.25) is 5.95 Å². The second-order valence-electron chi connectivity index (χ2n) is 7.18. The van der Waals surface area contributed by atoms with Crippen molar-refractivity contribution < 1.29 is 17.9 Å². The molecule has 0 radical (unpaired) electrons. The maximum absolute atomic E-state index is 12.8. The van der Waals surface area contributed by atoms with E-state index in [9.17, 15) is 13.2 Å². The third-order valence-corrected chi connectivity index (χ3v) is 6.25. The zero-order valence-corrected chi connectivity index (χ0v) is 18.6. The van der Waals surface area contributed by atoms with Crippen molar-refractivity contribution in [3.63, 3.8) is 0 Å². The minimum Gasteiger partial charge on any atom is -0.480 e. The number of nitrogens with zero attached hydrogens (tertiary/aromatic N) is 2. The van der Waals surface area contributed by atoms with Gasteiger partial charge < -0.3 is 10.1 Å². The van der Waals surface area contributed by atoms with Gasteiger partial charge in [0.15, 0.2) is 6.10 Å². The molecule has 0 saturated carbocycles. The van der Waals surface area contributed by atoms with E-state index in [0.717, 1.165) is 10.8 Å². The zero-order valence-electron chi connectivity index (χ0n) is 17.8. The van der Waals surface area contributed by atoms with Crippen LogP contribution in [-0.2, 0) is 14.8 Å². The molecule has 0 unspecified atom stereocenters. The summed E-state index contributed by atoms with van der Waals surface area (Å²) >= 11 is 0. The number of hydrogen-bond acceptors (Lipinski definition) is 6. The maximum Gasteiger partial charge on any atom is 0.265 e. The zero-order chi connectivity index (χ0) is 23.3. The molecule has 1 amide bonds. The summed E-state index contributed by atoms with van der Waals surface area (Å²) in [5, 5.41) is 4.74. The van der Waals surface area contributed by atoms with Gasteiger partial charge in [0.05, 0.1) is 4.90 Å². The molecule has 0 aliphatic carbocycles. The highest BCUT2D eigenvalue weighted by Crippen LogP contribution is 2.27. The summed E-state index contributed by atoms with van der Waals surface area (Å²) < 4.78 is 33.3. The van der Waals surface area contributed by atoms with Crippen LogP contribution in [0.3, 0.4) is 0 Å². The Balaban J connectivity index is 1.45. The first-order valence-electron chi connectivity index (χ1n) is 10.3. The minimum absolute atomic E-state index is 0.0204. The Labute approximate surface area is 191 Å². The van der Waals surface area contributed by atoms with Crippen LogP contribution in [0.25, 0.3) is 10.8 Å². The standard InChI is InChI=1S/C24H22N4O4S/c1-2-21(32-22-10-5-8-17-7-3-4-9-20(17)22)23(29)27-18-11-13-19(14-12-18)33(30,31)28-24-25-15-6-16-26-24/h3-16,21H,2H2,1H3,(H,27,29)(H,25,26,28)/t21-/m0/s1. The molecule has 8 nitrogen and oxygen atoms in total. The van der Waals surface area contributed by atoms with Crippen molar-refractivity contribution in [2.75, 3.05) is 10.0 Å². The number of hydrogen-bond donors (Lipinski definition) is 2. The first kappa shape index (κ1) is 22.2. The Hall–Kier alpha value is -3.98. The van der Waals surface area contributed by atoms with Gasteiger partial charge in [-0.05, 0) is 48.2 Å². The van der Waals surface area contributed by atoms with Gasteiger partial charge in [-0.2, -0.15) is 0 Å². The van der Waals surface area contributed by atoms with E-state index in [1.54, 1.807) is 6.07 Å². The van der Waals surface area contributed by atoms with Crippen LogP contribution >= 0.6 is 0 Å². The third kappa shape index (κ3) is 5.27. The van der Waals surface area contributed by atoms with Crippen LogP contribution in [0.4, 0.5) is 11.6 Å². The molecule has 0 aliphatic heterocycles. The first-order chi connectivity index (χ1) is 16.0. The molecule has 33 heavy (non-hydrogen) atoms. The largest absolute Gasteiger partial charge is 0.480 e. The molecular formula is C24H22N4O4S. The van der Waals surface area contributed by atoms with Crippen LogP contribution in [0.2, 0.25) is 0 Å². The molecule has 2 N–H and O–H groups in total. The van der Waals surface area contributed by atoms with Crippen molar-refractivity contribution in [3.8, 4) is 5.75 Å². The third-order valence-electron chi connectivity index (χ3n) is 4.91. The number of carbonyl (C=O) groups is 1. The second-order valence-corrected chi connectivity index (χ2v) is 8.87. The topological polar surface area (TPSA) is 110 Å². The number of sulfonamides is 1. The number of fused-ring (bicyclic) bond motifs is 1. The molecule has 1 atom stereocenters. The Morgan fingerprint density at radius 1 is 0.939 bits per heavy atom. The summed E-state index contributed by atoms with van der Waals surface area (Å²) in [5.74, 6) is 0.286. The van der Waals surface area contributed by atoms with E-state index in [1.165, 1.54) is 36.7 Å². The van der Waals surface area contributed by atoms with Crippen molar-refractivity contribution in [2.45, 2.75) is 24.3 Å². The number of rotatable bonds is 8. The molecule has 3 aromatic carbocycles. The molecule has 0 spiro atoms. The van der Waals surface area contributed by atoms with Crippen LogP contribution in [0.1, 0.15) is 13.3 Å². The quantitative estimate of drug-likeness (QED) is 0.406. The van der Waals surface area contributed by atoms with E-state index in [-0.39, 0.29) is 16.8 Å². The van der Waals surface area contributed by atoms with E-state index < -0.39 is 16.1 Å². The fourth-order valence-corrected chi connectivity index (χ4v) is 4.20. The van der Waals surface area contributed by atoms with Gasteiger partial charge in [-0.15, -0.1) is 0 Å². The highest BCUT2D eigenvalue weighted by Gasteiger charge is 2.20. The Bertz CT molecular complexity index is 1360. The van der Waals surface area contributed by atoms with Gasteiger partial charge >= 0.3 is 0 Å².